The molecule has 1 N–H and O–H groups in total. The van der Waals surface area contributed by atoms with Crippen molar-refractivity contribution in [1.29, 1.82) is 0 Å². The van der Waals surface area contributed by atoms with Crippen LogP contribution in [0.4, 0.5) is 0 Å². The summed E-state index contributed by atoms with van der Waals surface area (Å²) in [5.41, 5.74) is 0. The molecule has 0 aliphatic carbocycles. The van der Waals surface area contributed by atoms with Gasteiger partial charge in [-0.15, -0.1) is 0 Å². The van der Waals surface area contributed by atoms with Gasteiger partial charge in [0.15, 0.2) is 0 Å². The number of hydrogen-bond donors (Lipinski definition) is 1. The highest BCUT2D eigenvalue weighted by atomic mass is 16.5. The summed E-state index contributed by atoms with van der Waals surface area (Å²) >= 11 is 0. The van der Waals surface area contributed by atoms with Crippen molar-refractivity contribution in [3.05, 3.63) is 0 Å². The van der Waals surface area contributed by atoms with Crippen LogP contribution >= 0.6 is 0 Å². The molecule has 0 amide bonds. The highest BCUT2D eigenvalue weighted by molar-refractivity contribution is 5.76. The van der Waals surface area contributed by atoms with E-state index in [2.05, 4.69) is 24.1 Å². The van der Waals surface area contributed by atoms with Crippen molar-refractivity contribution < 1.29 is 14.3 Å². The molecule has 0 radical (unpaired) electrons. The Morgan fingerprint density at radius 1 is 1.20 bits per heavy atom. The summed E-state index contributed by atoms with van der Waals surface area (Å²) in [6, 6.07) is -0.0433. The van der Waals surface area contributed by atoms with E-state index < -0.39 is 0 Å². The number of hydrogen-bond acceptors (Lipinski definition) is 5. The Bertz CT molecular complexity index is 258. The molecule has 20 heavy (non-hydrogen) atoms. The molecule has 0 aromatic rings. The average molecular weight is 288 g/mol. The minimum absolute atomic E-state index is 0.174. The summed E-state index contributed by atoms with van der Waals surface area (Å²) in [6.45, 7) is 13.8. The minimum Gasteiger partial charge on any atom is -0.465 e. The Hall–Kier alpha value is -0.650. The highest BCUT2D eigenvalue weighted by Gasteiger charge is 2.23. The number of nitrogens with one attached hydrogen (secondary N) is 1. The van der Waals surface area contributed by atoms with Gasteiger partial charge in [0.05, 0.1) is 13.2 Å². The molecule has 0 saturated heterocycles. The molecular weight excluding hydrogens is 256 g/mol. The summed E-state index contributed by atoms with van der Waals surface area (Å²) < 4.78 is 10.3. The molecule has 5 nitrogen and oxygen atoms in total. The van der Waals surface area contributed by atoms with Gasteiger partial charge in [0, 0.05) is 32.8 Å². The maximum atomic E-state index is 12.0. The maximum Gasteiger partial charge on any atom is 0.324 e. The van der Waals surface area contributed by atoms with Crippen LogP contribution in [0.25, 0.3) is 0 Å². The zero-order valence-electron chi connectivity index (χ0n) is 13.9. The molecule has 0 aliphatic rings. The number of carbonyl (C=O) groups excluding carboxylic acids is 1. The number of methoxy groups -OCH3 is 1. The lowest BCUT2D eigenvalue weighted by atomic mass is 10.1. The summed E-state index contributed by atoms with van der Waals surface area (Å²) in [6.07, 6.45) is 0. The van der Waals surface area contributed by atoms with Crippen molar-refractivity contribution in [3.8, 4) is 0 Å². The quantitative estimate of drug-likeness (QED) is 0.584. The molecule has 5 heteroatoms. The number of esters is 1. The normalized spacial score (nSPS) is 13.2. The number of carbonyl (C=O) groups is 1. The first-order valence-electron chi connectivity index (χ1n) is 7.54. The molecule has 0 aromatic carbocycles. The fraction of sp³-hybridized carbons (Fsp3) is 0.933. The van der Waals surface area contributed by atoms with Crippen LogP contribution < -0.4 is 5.32 Å². The molecule has 0 saturated carbocycles. The molecule has 0 rings (SSSR count). The summed E-state index contributed by atoms with van der Waals surface area (Å²) in [7, 11) is 1.70. The van der Waals surface area contributed by atoms with E-state index in [9.17, 15) is 4.79 Å². The lowest BCUT2D eigenvalue weighted by Gasteiger charge is -2.29. The highest BCUT2D eigenvalue weighted by Crippen LogP contribution is 2.03. The van der Waals surface area contributed by atoms with E-state index in [1.165, 1.54) is 0 Å². The third-order valence-electron chi connectivity index (χ3n) is 2.78. The molecule has 0 heterocycles. The Labute approximate surface area is 124 Å². The van der Waals surface area contributed by atoms with Crippen molar-refractivity contribution in [2.24, 2.45) is 5.92 Å². The number of rotatable bonds is 11. The smallest absolute Gasteiger partial charge is 0.324 e. The second-order valence-electron chi connectivity index (χ2n) is 5.77. The molecular formula is C15H32N2O3. The fourth-order valence-electron chi connectivity index (χ4n) is 2.09. The van der Waals surface area contributed by atoms with Crippen LogP contribution in [0.2, 0.25) is 0 Å². The van der Waals surface area contributed by atoms with Gasteiger partial charge in [0.2, 0.25) is 0 Å². The maximum absolute atomic E-state index is 12.0. The van der Waals surface area contributed by atoms with Crippen LogP contribution in [-0.2, 0) is 14.3 Å². The second kappa shape index (κ2) is 11.1. The van der Waals surface area contributed by atoms with Gasteiger partial charge in [-0.2, -0.15) is 0 Å². The topological polar surface area (TPSA) is 50.8 Å². The lowest BCUT2D eigenvalue weighted by molar-refractivity contribution is -0.146. The average Bonchev–Trinajstić information content (AvgIpc) is 2.34. The van der Waals surface area contributed by atoms with Gasteiger partial charge in [-0.05, 0) is 12.8 Å². The van der Waals surface area contributed by atoms with Crippen molar-refractivity contribution in [3.63, 3.8) is 0 Å². The largest absolute Gasteiger partial charge is 0.465 e. The van der Waals surface area contributed by atoms with Crippen molar-refractivity contribution in [1.82, 2.24) is 10.2 Å². The molecule has 0 bridgehead atoms. The van der Waals surface area contributed by atoms with E-state index in [0.29, 0.717) is 25.7 Å². The molecule has 0 spiro atoms. The summed E-state index contributed by atoms with van der Waals surface area (Å²) in [4.78, 5) is 14.3. The van der Waals surface area contributed by atoms with Crippen LogP contribution in [-0.4, -0.2) is 62.9 Å². The number of nitrogens with zero attached hydrogens (tertiary/aromatic N) is 1. The number of ether oxygens (including phenoxy) is 2. The molecule has 0 fully saturated rings. The summed E-state index contributed by atoms with van der Waals surface area (Å²) in [5, 5.41) is 3.29. The van der Waals surface area contributed by atoms with Crippen molar-refractivity contribution in [2.45, 2.75) is 46.7 Å². The Kier molecular flexibility index (Phi) is 10.7. The summed E-state index contributed by atoms with van der Waals surface area (Å²) in [5.74, 6) is 0.376. The Morgan fingerprint density at radius 2 is 1.85 bits per heavy atom. The fourth-order valence-corrected chi connectivity index (χ4v) is 2.09. The van der Waals surface area contributed by atoms with Crippen LogP contribution in [0.15, 0.2) is 0 Å². The van der Waals surface area contributed by atoms with Gasteiger partial charge in [-0.3, -0.25) is 9.69 Å². The van der Waals surface area contributed by atoms with Gasteiger partial charge in [0.1, 0.15) is 6.04 Å². The van der Waals surface area contributed by atoms with Gasteiger partial charge in [-0.1, -0.05) is 27.7 Å². The van der Waals surface area contributed by atoms with E-state index in [4.69, 9.17) is 9.47 Å². The standard InChI is InChI=1S/C15H32N2O3/c1-7-20-15(18)14(16-13(4)5)11-17(8-9-19-6)10-12(2)3/h12-14,16H,7-11H2,1-6H3. The molecule has 0 aromatic heterocycles. The van der Waals surface area contributed by atoms with Crippen LogP contribution in [0.3, 0.4) is 0 Å². The van der Waals surface area contributed by atoms with Crippen molar-refractivity contribution in [2.75, 3.05) is 40.0 Å². The SMILES string of the molecule is CCOC(=O)C(CN(CCOC)CC(C)C)NC(C)C. The van der Waals surface area contributed by atoms with E-state index in [1.807, 2.05) is 20.8 Å². The van der Waals surface area contributed by atoms with Crippen LogP contribution in [0.1, 0.15) is 34.6 Å². The molecule has 1 atom stereocenters. The molecule has 120 valence electrons. The Balaban J connectivity index is 4.62. The van der Waals surface area contributed by atoms with Crippen LogP contribution in [0.5, 0.6) is 0 Å². The molecule has 1 unspecified atom stereocenters. The zero-order valence-corrected chi connectivity index (χ0v) is 13.9. The molecule has 0 aliphatic heterocycles. The van der Waals surface area contributed by atoms with E-state index in [-0.39, 0.29) is 18.1 Å². The van der Waals surface area contributed by atoms with Gasteiger partial charge in [0.25, 0.3) is 0 Å². The van der Waals surface area contributed by atoms with E-state index in [0.717, 1.165) is 13.1 Å². The Morgan fingerprint density at radius 3 is 2.30 bits per heavy atom. The van der Waals surface area contributed by atoms with Crippen molar-refractivity contribution >= 4 is 5.97 Å². The first-order valence-corrected chi connectivity index (χ1v) is 7.54. The first-order chi connectivity index (χ1) is 9.40. The van der Waals surface area contributed by atoms with Gasteiger partial charge >= 0.3 is 5.97 Å². The predicted molar refractivity (Wildman–Crippen MR) is 81.8 cm³/mol. The first kappa shape index (κ1) is 19.4. The third kappa shape index (κ3) is 9.28. The zero-order chi connectivity index (χ0) is 15.5. The van der Waals surface area contributed by atoms with E-state index in [1.54, 1.807) is 7.11 Å². The van der Waals surface area contributed by atoms with Crippen LogP contribution in [0, 0.1) is 5.92 Å². The third-order valence-corrected chi connectivity index (χ3v) is 2.78. The van der Waals surface area contributed by atoms with E-state index >= 15 is 0 Å². The monoisotopic (exact) mass is 288 g/mol. The minimum atomic E-state index is -0.287. The lowest BCUT2D eigenvalue weighted by Crippen LogP contribution is -2.50. The predicted octanol–water partition coefficient (Wildman–Crippen LogP) is 1.52. The van der Waals surface area contributed by atoms with Gasteiger partial charge in [-0.25, -0.2) is 0 Å². The second-order valence-corrected chi connectivity index (χ2v) is 5.77. The van der Waals surface area contributed by atoms with Gasteiger partial charge < -0.3 is 14.8 Å².